The molecular formula is C14H27N. The molecule has 0 amide bonds. The molecule has 2 aliphatic rings. The zero-order valence-corrected chi connectivity index (χ0v) is 10.5. The molecule has 88 valence electrons. The molecule has 2 aliphatic carbocycles. The lowest BCUT2D eigenvalue weighted by atomic mass is 9.85. The minimum absolute atomic E-state index is 0.907. The Morgan fingerprint density at radius 1 is 0.733 bits per heavy atom. The number of hydrogen-bond acceptors (Lipinski definition) is 1. The second kappa shape index (κ2) is 5.34. The molecule has 15 heavy (non-hydrogen) atoms. The highest BCUT2D eigenvalue weighted by Crippen LogP contribution is 2.30. The van der Waals surface area contributed by atoms with Crippen LogP contribution in [0, 0.1) is 5.92 Å². The summed E-state index contributed by atoms with van der Waals surface area (Å²) in [4.78, 5) is 2.73. The SMILES string of the molecule is CC1CCC(N(C)C2CCCCC2)CC1. The highest BCUT2D eigenvalue weighted by Gasteiger charge is 2.27. The van der Waals surface area contributed by atoms with Crippen LogP contribution < -0.4 is 0 Å². The first-order valence-corrected chi connectivity index (χ1v) is 6.99. The largest absolute Gasteiger partial charge is 0.300 e. The Bertz CT molecular complexity index is 176. The van der Waals surface area contributed by atoms with Crippen molar-refractivity contribution in [2.24, 2.45) is 5.92 Å². The van der Waals surface area contributed by atoms with Crippen LogP contribution in [0.25, 0.3) is 0 Å². The molecule has 1 heteroatoms. The van der Waals surface area contributed by atoms with Gasteiger partial charge in [-0.1, -0.05) is 26.2 Å². The summed E-state index contributed by atoms with van der Waals surface area (Å²) in [6.45, 7) is 2.41. The number of rotatable bonds is 2. The van der Waals surface area contributed by atoms with E-state index in [2.05, 4.69) is 18.9 Å². The molecule has 2 rings (SSSR count). The van der Waals surface area contributed by atoms with Gasteiger partial charge in [-0.2, -0.15) is 0 Å². The standard InChI is InChI=1S/C14H27N/c1-12-8-10-14(11-9-12)15(2)13-6-4-3-5-7-13/h12-14H,3-11H2,1-2H3. The van der Waals surface area contributed by atoms with Gasteiger partial charge in [-0.15, -0.1) is 0 Å². The fourth-order valence-corrected chi connectivity index (χ4v) is 3.44. The first kappa shape index (κ1) is 11.4. The lowest BCUT2D eigenvalue weighted by Crippen LogP contribution is -2.42. The molecule has 0 aromatic heterocycles. The Hall–Kier alpha value is -0.0400. The van der Waals surface area contributed by atoms with Gasteiger partial charge in [-0.25, -0.2) is 0 Å². The molecule has 0 saturated heterocycles. The van der Waals surface area contributed by atoms with Crippen molar-refractivity contribution in [3.63, 3.8) is 0 Å². The molecular weight excluding hydrogens is 182 g/mol. The Kier molecular flexibility index (Phi) is 4.07. The molecule has 2 fully saturated rings. The van der Waals surface area contributed by atoms with Gasteiger partial charge in [-0.3, -0.25) is 0 Å². The summed E-state index contributed by atoms with van der Waals surface area (Å²) >= 11 is 0. The van der Waals surface area contributed by atoms with E-state index in [1.165, 1.54) is 57.8 Å². The Balaban J connectivity index is 1.81. The Morgan fingerprint density at radius 2 is 1.27 bits per heavy atom. The highest BCUT2D eigenvalue weighted by atomic mass is 15.2. The van der Waals surface area contributed by atoms with Crippen LogP contribution in [0.3, 0.4) is 0 Å². The van der Waals surface area contributed by atoms with Gasteiger partial charge in [0.2, 0.25) is 0 Å². The van der Waals surface area contributed by atoms with E-state index in [0.29, 0.717) is 0 Å². The van der Waals surface area contributed by atoms with E-state index in [4.69, 9.17) is 0 Å². The van der Waals surface area contributed by atoms with E-state index in [1.807, 2.05) is 0 Å². The average Bonchev–Trinajstić information content (AvgIpc) is 2.30. The maximum absolute atomic E-state index is 2.73. The fraction of sp³-hybridized carbons (Fsp3) is 1.00. The Labute approximate surface area is 95.2 Å². The molecule has 0 unspecified atom stereocenters. The molecule has 0 aliphatic heterocycles. The van der Waals surface area contributed by atoms with Gasteiger partial charge in [0.15, 0.2) is 0 Å². The molecule has 2 saturated carbocycles. The van der Waals surface area contributed by atoms with Gasteiger partial charge in [0.1, 0.15) is 0 Å². The maximum atomic E-state index is 2.73. The van der Waals surface area contributed by atoms with Crippen LogP contribution in [0.5, 0.6) is 0 Å². The van der Waals surface area contributed by atoms with E-state index in [1.54, 1.807) is 0 Å². The third kappa shape index (κ3) is 2.96. The van der Waals surface area contributed by atoms with Crippen molar-refractivity contribution >= 4 is 0 Å². The molecule has 0 bridgehead atoms. The average molecular weight is 209 g/mol. The third-order valence-electron chi connectivity index (χ3n) is 4.71. The van der Waals surface area contributed by atoms with Crippen LogP contribution >= 0.6 is 0 Å². The minimum atomic E-state index is 0.907. The van der Waals surface area contributed by atoms with Crippen LogP contribution in [0.15, 0.2) is 0 Å². The minimum Gasteiger partial charge on any atom is -0.300 e. The molecule has 0 atom stereocenters. The van der Waals surface area contributed by atoms with Crippen molar-refractivity contribution in [2.45, 2.75) is 76.8 Å². The highest BCUT2D eigenvalue weighted by molar-refractivity contribution is 4.82. The van der Waals surface area contributed by atoms with Crippen molar-refractivity contribution in [3.8, 4) is 0 Å². The van der Waals surface area contributed by atoms with E-state index >= 15 is 0 Å². The predicted molar refractivity (Wildman–Crippen MR) is 66.1 cm³/mol. The second-order valence-electron chi connectivity index (χ2n) is 5.87. The predicted octanol–water partition coefficient (Wildman–Crippen LogP) is 3.83. The summed E-state index contributed by atoms with van der Waals surface area (Å²) in [5, 5.41) is 0. The van der Waals surface area contributed by atoms with Crippen molar-refractivity contribution in [1.82, 2.24) is 4.90 Å². The van der Waals surface area contributed by atoms with E-state index < -0.39 is 0 Å². The van der Waals surface area contributed by atoms with Crippen LogP contribution in [0.1, 0.15) is 64.7 Å². The topological polar surface area (TPSA) is 3.24 Å². The van der Waals surface area contributed by atoms with Gasteiger partial charge in [-0.05, 0) is 51.5 Å². The molecule has 0 aromatic carbocycles. The maximum Gasteiger partial charge on any atom is 0.00953 e. The van der Waals surface area contributed by atoms with Gasteiger partial charge in [0.05, 0.1) is 0 Å². The van der Waals surface area contributed by atoms with Gasteiger partial charge in [0, 0.05) is 12.1 Å². The molecule has 0 N–H and O–H groups in total. The Morgan fingerprint density at radius 3 is 1.87 bits per heavy atom. The smallest absolute Gasteiger partial charge is 0.00953 e. The summed E-state index contributed by atoms with van der Waals surface area (Å²) in [7, 11) is 2.39. The second-order valence-corrected chi connectivity index (χ2v) is 5.87. The lowest BCUT2D eigenvalue weighted by Gasteiger charge is -2.40. The summed E-state index contributed by atoms with van der Waals surface area (Å²) in [5.41, 5.74) is 0. The third-order valence-corrected chi connectivity index (χ3v) is 4.71. The first-order chi connectivity index (χ1) is 7.27. The summed E-state index contributed by atoms with van der Waals surface area (Å²) < 4.78 is 0. The van der Waals surface area contributed by atoms with Crippen LogP contribution in [0.4, 0.5) is 0 Å². The number of nitrogens with zero attached hydrogens (tertiary/aromatic N) is 1. The molecule has 0 aromatic rings. The van der Waals surface area contributed by atoms with E-state index in [-0.39, 0.29) is 0 Å². The van der Waals surface area contributed by atoms with Crippen molar-refractivity contribution in [3.05, 3.63) is 0 Å². The monoisotopic (exact) mass is 209 g/mol. The molecule has 0 heterocycles. The van der Waals surface area contributed by atoms with Crippen molar-refractivity contribution < 1.29 is 0 Å². The van der Waals surface area contributed by atoms with Crippen LogP contribution in [-0.2, 0) is 0 Å². The summed E-state index contributed by atoms with van der Waals surface area (Å²) in [6, 6.07) is 1.82. The molecule has 1 nitrogen and oxygen atoms in total. The summed E-state index contributed by atoms with van der Waals surface area (Å²) in [5.74, 6) is 0.987. The van der Waals surface area contributed by atoms with Crippen molar-refractivity contribution in [1.29, 1.82) is 0 Å². The van der Waals surface area contributed by atoms with E-state index in [9.17, 15) is 0 Å². The van der Waals surface area contributed by atoms with E-state index in [0.717, 1.165) is 18.0 Å². The quantitative estimate of drug-likeness (QED) is 0.668. The molecule has 0 spiro atoms. The first-order valence-electron chi connectivity index (χ1n) is 6.99. The molecule has 0 radical (unpaired) electrons. The number of hydrogen-bond donors (Lipinski definition) is 0. The zero-order valence-electron chi connectivity index (χ0n) is 10.5. The van der Waals surface area contributed by atoms with Gasteiger partial charge >= 0.3 is 0 Å². The zero-order chi connectivity index (χ0) is 10.7. The van der Waals surface area contributed by atoms with Crippen LogP contribution in [0.2, 0.25) is 0 Å². The van der Waals surface area contributed by atoms with Crippen molar-refractivity contribution in [2.75, 3.05) is 7.05 Å². The van der Waals surface area contributed by atoms with Gasteiger partial charge in [0.25, 0.3) is 0 Å². The van der Waals surface area contributed by atoms with Crippen LogP contribution in [-0.4, -0.2) is 24.0 Å². The van der Waals surface area contributed by atoms with Gasteiger partial charge < -0.3 is 4.90 Å². The normalized spacial score (nSPS) is 34.6. The lowest BCUT2D eigenvalue weighted by molar-refractivity contribution is 0.100. The summed E-state index contributed by atoms with van der Waals surface area (Å²) in [6.07, 6.45) is 13.2. The fourth-order valence-electron chi connectivity index (χ4n) is 3.44.